The van der Waals surface area contributed by atoms with Crippen LogP contribution in [0.2, 0.25) is 0 Å². The van der Waals surface area contributed by atoms with Crippen LogP contribution in [0, 0.1) is 0 Å². The first-order chi connectivity index (χ1) is 7.33. The van der Waals surface area contributed by atoms with Crippen molar-refractivity contribution in [1.82, 2.24) is 10.2 Å². The van der Waals surface area contributed by atoms with Gasteiger partial charge in [0.1, 0.15) is 0 Å². The highest BCUT2D eigenvalue weighted by molar-refractivity contribution is 4.71. The molecule has 1 aliphatic rings. The lowest BCUT2D eigenvalue weighted by molar-refractivity contribution is 0.189. The molecule has 0 aliphatic carbocycles. The summed E-state index contributed by atoms with van der Waals surface area (Å²) in [6.07, 6.45) is 5.11. The quantitative estimate of drug-likeness (QED) is 0.678. The zero-order valence-corrected chi connectivity index (χ0v) is 10.3. The number of ether oxygens (including phenoxy) is 1. The first-order valence-corrected chi connectivity index (χ1v) is 6.27. The molecule has 0 aromatic rings. The summed E-state index contributed by atoms with van der Waals surface area (Å²) < 4.78 is 5.04. The van der Waals surface area contributed by atoms with Gasteiger partial charge in [0.25, 0.3) is 0 Å². The maximum atomic E-state index is 5.04. The Morgan fingerprint density at radius 2 is 2.13 bits per heavy atom. The molecular weight excluding hydrogens is 188 g/mol. The molecule has 0 aromatic heterocycles. The van der Waals surface area contributed by atoms with Crippen LogP contribution in [-0.2, 0) is 4.74 Å². The lowest BCUT2D eigenvalue weighted by Crippen LogP contribution is -2.29. The highest BCUT2D eigenvalue weighted by atomic mass is 16.5. The summed E-state index contributed by atoms with van der Waals surface area (Å²) in [5.41, 5.74) is 0. The maximum Gasteiger partial charge on any atom is 0.0462 e. The molecule has 1 fully saturated rings. The van der Waals surface area contributed by atoms with Crippen LogP contribution >= 0.6 is 0 Å². The molecule has 1 atom stereocenters. The summed E-state index contributed by atoms with van der Waals surface area (Å²) in [5.74, 6) is 0. The molecule has 0 radical (unpaired) electrons. The van der Waals surface area contributed by atoms with Gasteiger partial charge in [0.2, 0.25) is 0 Å². The topological polar surface area (TPSA) is 24.5 Å². The molecule has 0 spiro atoms. The fourth-order valence-electron chi connectivity index (χ4n) is 2.04. The third-order valence-electron chi connectivity index (χ3n) is 3.12. The van der Waals surface area contributed by atoms with Crippen LogP contribution in [-0.4, -0.2) is 50.8 Å². The Morgan fingerprint density at radius 3 is 2.93 bits per heavy atom. The molecule has 1 N–H and O–H groups in total. The Balaban J connectivity index is 2.00. The smallest absolute Gasteiger partial charge is 0.0462 e. The molecule has 90 valence electrons. The Bertz CT molecular complexity index is 153. The number of hydrogen-bond acceptors (Lipinski definition) is 3. The van der Waals surface area contributed by atoms with E-state index < -0.39 is 0 Å². The molecule has 1 saturated heterocycles. The Labute approximate surface area is 94.2 Å². The van der Waals surface area contributed by atoms with Crippen LogP contribution in [0.4, 0.5) is 0 Å². The highest BCUT2D eigenvalue weighted by Gasteiger charge is 2.11. The largest absolute Gasteiger partial charge is 0.385 e. The third-order valence-corrected chi connectivity index (χ3v) is 3.12. The third kappa shape index (κ3) is 6.13. The summed E-state index contributed by atoms with van der Waals surface area (Å²) >= 11 is 0. The fraction of sp³-hybridized carbons (Fsp3) is 1.00. The molecule has 1 unspecified atom stereocenters. The van der Waals surface area contributed by atoms with Gasteiger partial charge in [-0.1, -0.05) is 0 Å². The van der Waals surface area contributed by atoms with Gasteiger partial charge in [-0.3, -0.25) is 0 Å². The molecular formula is C12H26N2O. The summed E-state index contributed by atoms with van der Waals surface area (Å²) in [6.45, 7) is 8.09. The van der Waals surface area contributed by atoms with E-state index in [9.17, 15) is 0 Å². The SMILES string of the molecule is COCCCCCN1CCNC(C)CC1. The van der Waals surface area contributed by atoms with Crippen molar-refractivity contribution in [2.75, 3.05) is 39.9 Å². The highest BCUT2D eigenvalue weighted by Crippen LogP contribution is 2.04. The van der Waals surface area contributed by atoms with Crippen LogP contribution in [0.1, 0.15) is 32.6 Å². The minimum Gasteiger partial charge on any atom is -0.385 e. The first-order valence-electron chi connectivity index (χ1n) is 6.27. The van der Waals surface area contributed by atoms with Crippen LogP contribution in [0.5, 0.6) is 0 Å². The van der Waals surface area contributed by atoms with Gasteiger partial charge >= 0.3 is 0 Å². The van der Waals surface area contributed by atoms with E-state index in [-0.39, 0.29) is 0 Å². The van der Waals surface area contributed by atoms with E-state index in [0.717, 1.165) is 13.2 Å². The van der Waals surface area contributed by atoms with Crippen LogP contribution < -0.4 is 5.32 Å². The minimum absolute atomic E-state index is 0.698. The van der Waals surface area contributed by atoms with Crippen molar-refractivity contribution in [3.05, 3.63) is 0 Å². The number of nitrogens with zero attached hydrogens (tertiary/aromatic N) is 1. The van der Waals surface area contributed by atoms with Crippen molar-refractivity contribution in [2.45, 2.75) is 38.6 Å². The second kappa shape index (κ2) is 8.08. The maximum absolute atomic E-state index is 5.04. The van der Waals surface area contributed by atoms with E-state index in [1.54, 1.807) is 7.11 Å². The molecule has 3 heteroatoms. The lowest BCUT2D eigenvalue weighted by Gasteiger charge is -2.19. The van der Waals surface area contributed by atoms with Gasteiger partial charge in [0.05, 0.1) is 0 Å². The minimum atomic E-state index is 0.698. The van der Waals surface area contributed by atoms with Gasteiger partial charge in [-0.05, 0) is 45.7 Å². The predicted molar refractivity (Wildman–Crippen MR) is 64.2 cm³/mol. The average Bonchev–Trinajstić information content (AvgIpc) is 2.43. The number of methoxy groups -OCH3 is 1. The second-order valence-electron chi connectivity index (χ2n) is 4.54. The fourth-order valence-corrected chi connectivity index (χ4v) is 2.04. The van der Waals surface area contributed by atoms with Crippen LogP contribution in [0.25, 0.3) is 0 Å². The van der Waals surface area contributed by atoms with E-state index in [0.29, 0.717) is 6.04 Å². The van der Waals surface area contributed by atoms with Crippen molar-refractivity contribution < 1.29 is 4.74 Å². The van der Waals surface area contributed by atoms with Crippen LogP contribution in [0.15, 0.2) is 0 Å². The molecule has 1 rings (SSSR count). The second-order valence-corrected chi connectivity index (χ2v) is 4.54. The van der Waals surface area contributed by atoms with Crippen molar-refractivity contribution in [1.29, 1.82) is 0 Å². The standard InChI is InChI=1S/C12H26N2O/c1-12-6-9-14(10-7-13-12)8-4-3-5-11-15-2/h12-13H,3-11H2,1-2H3. The van der Waals surface area contributed by atoms with Crippen molar-refractivity contribution in [2.24, 2.45) is 0 Å². The summed E-state index contributed by atoms with van der Waals surface area (Å²) in [6, 6.07) is 0.698. The van der Waals surface area contributed by atoms with Gasteiger partial charge < -0.3 is 15.0 Å². The van der Waals surface area contributed by atoms with Gasteiger partial charge in [-0.2, -0.15) is 0 Å². The number of rotatable bonds is 6. The first kappa shape index (κ1) is 12.9. The van der Waals surface area contributed by atoms with Crippen molar-refractivity contribution in [3.8, 4) is 0 Å². The molecule has 1 heterocycles. The molecule has 0 aromatic carbocycles. The van der Waals surface area contributed by atoms with Gasteiger partial charge in [0.15, 0.2) is 0 Å². The Morgan fingerprint density at radius 1 is 1.27 bits per heavy atom. The van der Waals surface area contributed by atoms with Gasteiger partial charge in [-0.25, -0.2) is 0 Å². The predicted octanol–water partition coefficient (Wildman–Crippen LogP) is 1.49. The Hall–Kier alpha value is -0.120. The molecule has 0 saturated carbocycles. The monoisotopic (exact) mass is 214 g/mol. The van der Waals surface area contributed by atoms with E-state index in [1.807, 2.05) is 0 Å². The number of nitrogens with one attached hydrogen (secondary N) is 1. The molecule has 15 heavy (non-hydrogen) atoms. The van der Waals surface area contributed by atoms with Gasteiger partial charge in [0, 0.05) is 32.8 Å². The number of unbranched alkanes of at least 4 members (excludes halogenated alkanes) is 2. The van der Waals surface area contributed by atoms with E-state index in [1.165, 1.54) is 45.3 Å². The van der Waals surface area contributed by atoms with E-state index in [4.69, 9.17) is 4.74 Å². The summed E-state index contributed by atoms with van der Waals surface area (Å²) in [4.78, 5) is 2.59. The van der Waals surface area contributed by atoms with Gasteiger partial charge in [-0.15, -0.1) is 0 Å². The molecule has 1 aliphatic heterocycles. The van der Waals surface area contributed by atoms with E-state index >= 15 is 0 Å². The molecule has 0 bridgehead atoms. The zero-order valence-electron chi connectivity index (χ0n) is 10.3. The molecule has 3 nitrogen and oxygen atoms in total. The average molecular weight is 214 g/mol. The zero-order chi connectivity index (χ0) is 10.9. The normalized spacial score (nSPS) is 24.0. The number of hydrogen-bond donors (Lipinski definition) is 1. The molecule has 0 amide bonds. The van der Waals surface area contributed by atoms with Crippen LogP contribution in [0.3, 0.4) is 0 Å². The summed E-state index contributed by atoms with van der Waals surface area (Å²) in [7, 11) is 1.78. The van der Waals surface area contributed by atoms with Crippen molar-refractivity contribution in [3.63, 3.8) is 0 Å². The van der Waals surface area contributed by atoms with E-state index in [2.05, 4.69) is 17.1 Å². The Kier molecular flexibility index (Phi) is 6.98. The van der Waals surface area contributed by atoms with Crippen molar-refractivity contribution >= 4 is 0 Å². The lowest BCUT2D eigenvalue weighted by atomic mass is 10.2. The summed E-state index contributed by atoms with van der Waals surface area (Å²) in [5, 5.41) is 3.52.